The van der Waals surface area contributed by atoms with Gasteiger partial charge in [0.2, 0.25) is 5.91 Å². The Morgan fingerprint density at radius 1 is 1.15 bits per heavy atom. The van der Waals surface area contributed by atoms with Crippen molar-refractivity contribution < 1.29 is 14.0 Å². The van der Waals surface area contributed by atoms with Crippen molar-refractivity contribution in [3.05, 3.63) is 70.1 Å². The molecule has 8 nitrogen and oxygen atoms in total. The number of nitrogens with zero attached hydrogens (tertiary/aromatic N) is 4. The summed E-state index contributed by atoms with van der Waals surface area (Å²) in [6.45, 7) is 10.1. The number of hydrogen-bond acceptors (Lipinski definition) is 5. The summed E-state index contributed by atoms with van der Waals surface area (Å²) in [6.07, 6.45) is 4.48. The lowest BCUT2D eigenvalue weighted by atomic mass is 9.90. The molecule has 3 aromatic rings. The molecule has 2 aromatic carbocycles. The van der Waals surface area contributed by atoms with Crippen LogP contribution in [0, 0.1) is 17.2 Å². The first kappa shape index (κ1) is 29.1. The molecular formula is C31H38ClFN6O2. The normalized spacial score (nSPS) is 16.0. The summed E-state index contributed by atoms with van der Waals surface area (Å²) in [7, 11) is 1.81. The quantitative estimate of drug-likeness (QED) is 0.380. The highest BCUT2D eigenvalue weighted by Gasteiger charge is 2.29. The molecule has 0 saturated carbocycles. The second-order valence-corrected chi connectivity index (χ2v) is 12.7. The lowest BCUT2D eigenvalue weighted by Crippen LogP contribution is -2.41. The summed E-state index contributed by atoms with van der Waals surface area (Å²) in [4.78, 5) is 30.5. The lowest BCUT2D eigenvalue weighted by Gasteiger charge is -2.33. The molecule has 0 radical (unpaired) electrons. The van der Waals surface area contributed by atoms with E-state index in [4.69, 9.17) is 11.6 Å². The fourth-order valence-corrected chi connectivity index (χ4v) is 5.57. The molecule has 41 heavy (non-hydrogen) atoms. The molecule has 2 aliphatic rings. The number of halogens is 2. The molecular weight excluding hydrogens is 543 g/mol. The Labute approximate surface area is 245 Å². The molecule has 0 aliphatic carbocycles. The molecule has 0 atom stereocenters. The number of piperidine rings is 1. The van der Waals surface area contributed by atoms with Gasteiger partial charge in [0, 0.05) is 30.1 Å². The summed E-state index contributed by atoms with van der Waals surface area (Å²) < 4.78 is 17.0. The molecule has 5 rings (SSSR count). The van der Waals surface area contributed by atoms with Gasteiger partial charge in [-0.1, -0.05) is 38.4 Å². The Morgan fingerprint density at radius 3 is 2.61 bits per heavy atom. The van der Waals surface area contributed by atoms with E-state index >= 15 is 4.39 Å². The summed E-state index contributed by atoms with van der Waals surface area (Å²) in [5, 5.41) is 11.1. The van der Waals surface area contributed by atoms with Crippen LogP contribution in [0.25, 0.3) is 0 Å². The van der Waals surface area contributed by atoms with Crippen LogP contribution in [0.15, 0.2) is 42.6 Å². The zero-order valence-corrected chi connectivity index (χ0v) is 24.9. The first-order valence-electron chi connectivity index (χ1n) is 14.2. The SMILES string of the molecule is Cn1ncc2c1Nc1cc(Cl)ccc1N(C(=O)c1ccc(CNC(=O)C3CCN(CCC(C)(C)C)CC3)cc1F)C2. The standard InChI is InChI=1S/C31H38ClFN6O2/c1-31(2,3)11-14-38-12-9-21(10-13-38)29(40)34-17-20-5-7-24(25(33)15-20)30(41)39-19-22-18-35-37(4)28(22)36-26-16-23(32)6-8-27(26)39/h5-8,15-16,18,21,36H,9-14,17,19H2,1-4H3,(H,34,40). The van der Waals surface area contributed by atoms with Gasteiger partial charge in [0.1, 0.15) is 11.6 Å². The molecule has 0 unspecified atom stereocenters. The zero-order valence-electron chi connectivity index (χ0n) is 24.1. The average Bonchev–Trinajstić information content (AvgIpc) is 3.18. The third kappa shape index (κ3) is 6.73. The maximum atomic E-state index is 15.4. The van der Waals surface area contributed by atoms with Crippen LogP contribution in [-0.2, 0) is 24.9 Å². The van der Waals surface area contributed by atoms with Gasteiger partial charge in [0.05, 0.1) is 29.7 Å². The van der Waals surface area contributed by atoms with E-state index in [9.17, 15) is 9.59 Å². The van der Waals surface area contributed by atoms with Gasteiger partial charge in [-0.2, -0.15) is 5.10 Å². The van der Waals surface area contributed by atoms with Gasteiger partial charge in [0.25, 0.3) is 5.91 Å². The van der Waals surface area contributed by atoms with Gasteiger partial charge in [-0.25, -0.2) is 4.39 Å². The summed E-state index contributed by atoms with van der Waals surface area (Å²) in [5.74, 6) is -0.396. The van der Waals surface area contributed by atoms with Gasteiger partial charge >= 0.3 is 0 Å². The van der Waals surface area contributed by atoms with Gasteiger partial charge in [-0.05, 0) is 80.2 Å². The molecule has 0 bridgehead atoms. The van der Waals surface area contributed by atoms with Crippen LogP contribution in [0.2, 0.25) is 5.02 Å². The van der Waals surface area contributed by atoms with Gasteiger partial charge in [-0.3, -0.25) is 14.3 Å². The maximum Gasteiger partial charge on any atom is 0.261 e. The van der Waals surface area contributed by atoms with Crippen molar-refractivity contribution in [1.82, 2.24) is 20.0 Å². The number of aryl methyl sites for hydroxylation is 1. The van der Waals surface area contributed by atoms with E-state index < -0.39 is 11.7 Å². The van der Waals surface area contributed by atoms with Gasteiger partial charge in [0.15, 0.2) is 0 Å². The number of hydrogen-bond donors (Lipinski definition) is 2. The molecule has 2 amide bonds. The van der Waals surface area contributed by atoms with E-state index in [1.54, 1.807) is 35.1 Å². The number of nitrogens with one attached hydrogen (secondary N) is 2. The molecule has 2 aliphatic heterocycles. The fourth-order valence-electron chi connectivity index (χ4n) is 5.40. The predicted octanol–water partition coefficient (Wildman–Crippen LogP) is 5.88. The summed E-state index contributed by atoms with van der Waals surface area (Å²) in [5.41, 5.74) is 2.89. The minimum atomic E-state index is -0.631. The zero-order chi connectivity index (χ0) is 29.3. The highest BCUT2D eigenvalue weighted by atomic mass is 35.5. The van der Waals surface area contributed by atoms with Crippen molar-refractivity contribution in [3.63, 3.8) is 0 Å². The van der Waals surface area contributed by atoms with Crippen LogP contribution >= 0.6 is 11.6 Å². The molecule has 10 heteroatoms. The first-order valence-corrected chi connectivity index (χ1v) is 14.5. The molecule has 0 spiro atoms. The van der Waals surface area contributed by atoms with E-state index in [1.807, 2.05) is 7.05 Å². The van der Waals surface area contributed by atoms with Crippen LogP contribution in [0.1, 0.15) is 61.5 Å². The number of anilines is 3. The largest absolute Gasteiger partial charge is 0.352 e. The Bertz CT molecular complexity index is 1440. The van der Waals surface area contributed by atoms with E-state index in [0.717, 1.165) is 50.3 Å². The van der Waals surface area contributed by atoms with Crippen molar-refractivity contribution in [2.24, 2.45) is 18.4 Å². The molecule has 3 heterocycles. The van der Waals surface area contributed by atoms with E-state index in [-0.39, 0.29) is 30.5 Å². The minimum Gasteiger partial charge on any atom is -0.352 e. The van der Waals surface area contributed by atoms with Crippen LogP contribution < -0.4 is 15.5 Å². The monoisotopic (exact) mass is 580 g/mol. The van der Waals surface area contributed by atoms with Crippen LogP contribution in [0.3, 0.4) is 0 Å². The van der Waals surface area contributed by atoms with Crippen LogP contribution in [-0.4, -0.2) is 46.1 Å². The number of carbonyl (C=O) groups is 2. The second-order valence-electron chi connectivity index (χ2n) is 12.3. The number of aromatic nitrogens is 2. The van der Waals surface area contributed by atoms with E-state index in [1.165, 1.54) is 17.0 Å². The summed E-state index contributed by atoms with van der Waals surface area (Å²) in [6, 6.07) is 9.70. The molecule has 218 valence electrons. The Hall–Kier alpha value is -3.43. The van der Waals surface area contributed by atoms with Crippen LogP contribution in [0.5, 0.6) is 0 Å². The third-order valence-electron chi connectivity index (χ3n) is 7.96. The minimum absolute atomic E-state index is 0.000594. The number of benzene rings is 2. The topological polar surface area (TPSA) is 82.5 Å². The first-order chi connectivity index (χ1) is 19.5. The number of likely N-dealkylation sites (tertiary alicyclic amines) is 1. The smallest absolute Gasteiger partial charge is 0.261 e. The Morgan fingerprint density at radius 2 is 1.90 bits per heavy atom. The molecule has 2 N–H and O–H groups in total. The van der Waals surface area contributed by atoms with Crippen molar-refractivity contribution in [2.45, 2.75) is 53.1 Å². The number of fused-ring (bicyclic) bond motifs is 2. The number of carbonyl (C=O) groups excluding carboxylic acids is 2. The van der Waals surface area contributed by atoms with Crippen molar-refractivity contribution in [1.29, 1.82) is 0 Å². The maximum absolute atomic E-state index is 15.4. The van der Waals surface area contributed by atoms with Crippen molar-refractivity contribution in [3.8, 4) is 0 Å². The predicted molar refractivity (Wildman–Crippen MR) is 160 cm³/mol. The highest BCUT2D eigenvalue weighted by molar-refractivity contribution is 6.31. The number of amides is 2. The third-order valence-corrected chi connectivity index (χ3v) is 8.19. The average molecular weight is 581 g/mol. The van der Waals surface area contributed by atoms with Crippen LogP contribution in [0.4, 0.5) is 21.6 Å². The lowest BCUT2D eigenvalue weighted by molar-refractivity contribution is -0.126. The highest BCUT2D eigenvalue weighted by Crippen LogP contribution is 2.38. The number of rotatable bonds is 6. The second kappa shape index (κ2) is 11.8. The molecule has 1 fully saturated rings. The Balaban J connectivity index is 1.23. The molecule has 1 saturated heterocycles. The fraction of sp³-hybridized carbons (Fsp3) is 0.452. The van der Waals surface area contributed by atoms with Gasteiger partial charge in [-0.15, -0.1) is 0 Å². The van der Waals surface area contributed by atoms with Gasteiger partial charge < -0.3 is 20.4 Å². The van der Waals surface area contributed by atoms with E-state index in [2.05, 4.69) is 41.4 Å². The van der Waals surface area contributed by atoms with E-state index in [0.29, 0.717) is 27.4 Å². The summed E-state index contributed by atoms with van der Waals surface area (Å²) >= 11 is 6.24. The molecule has 1 aromatic heterocycles. The van der Waals surface area contributed by atoms with Crippen molar-refractivity contribution in [2.75, 3.05) is 29.9 Å². The Kier molecular flexibility index (Phi) is 8.38. The van der Waals surface area contributed by atoms with Crippen molar-refractivity contribution >= 4 is 40.6 Å².